The Labute approximate surface area is 228 Å². The molecule has 11 heteroatoms. The van der Waals surface area contributed by atoms with E-state index in [0.29, 0.717) is 42.9 Å². The summed E-state index contributed by atoms with van der Waals surface area (Å²) in [6.45, 7) is 3.06. The van der Waals surface area contributed by atoms with Crippen molar-refractivity contribution in [2.45, 2.75) is 74.3 Å². The molecule has 2 bridgehead atoms. The number of rotatable bonds is 5. The molecule has 37 heavy (non-hydrogen) atoms. The van der Waals surface area contributed by atoms with E-state index in [1.807, 2.05) is 13.1 Å². The van der Waals surface area contributed by atoms with E-state index >= 15 is 0 Å². The van der Waals surface area contributed by atoms with Gasteiger partial charge < -0.3 is 34.3 Å². The summed E-state index contributed by atoms with van der Waals surface area (Å²) in [6, 6.07) is 3.49. The summed E-state index contributed by atoms with van der Waals surface area (Å²) in [4.78, 5) is 27.6. The van der Waals surface area contributed by atoms with Crippen LogP contribution in [0.3, 0.4) is 0 Å². The first kappa shape index (κ1) is 28.0. The summed E-state index contributed by atoms with van der Waals surface area (Å²) in [6.07, 6.45) is 3.33. The van der Waals surface area contributed by atoms with Crippen molar-refractivity contribution in [2.75, 3.05) is 27.2 Å². The SMILES string of the molecule is COc1ccc2c3c1O[C@H]1C(OC(=O)[C@H](C)OC(=O)C4CCCN4)=CC[C@@]4(O)[C@H](C2)N(C)CC[C@]314.Cl.Cl. The van der Waals surface area contributed by atoms with Gasteiger partial charge in [-0.25, -0.2) is 4.79 Å². The van der Waals surface area contributed by atoms with Crippen LogP contribution < -0.4 is 14.8 Å². The van der Waals surface area contributed by atoms with Gasteiger partial charge in [-0.15, -0.1) is 24.8 Å². The second-order valence-electron chi connectivity index (χ2n) is 10.4. The third kappa shape index (κ3) is 3.85. The quantitative estimate of drug-likeness (QED) is 0.527. The van der Waals surface area contributed by atoms with E-state index in [-0.39, 0.29) is 36.9 Å². The molecule has 6 rings (SSSR count). The molecule has 2 saturated heterocycles. The van der Waals surface area contributed by atoms with Crippen molar-refractivity contribution in [1.29, 1.82) is 0 Å². The highest BCUT2D eigenvalue weighted by Gasteiger charge is 2.72. The molecule has 2 N–H and O–H groups in total. The molecule has 3 aliphatic heterocycles. The Morgan fingerprint density at radius 3 is 2.78 bits per heavy atom. The second kappa shape index (κ2) is 9.93. The van der Waals surface area contributed by atoms with Gasteiger partial charge in [0.15, 0.2) is 23.7 Å². The number of piperidine rings is 1. The third-order valence-corrected chi connectivity index (χ3v) is 8.75. The number of carbonyl (C=O) groups excluding carboxylic acids is 2. The summed E-state index contributed by atoms with van der Waals surface area (Å²) < 4.78 is 23.3. The molecule has 1 spiro atoms. The minimum absolute atomic E-state index is 0. The van der Waals surface area contributed by atoms with Crippen LogP contribution in [0.2, 0.25) is 0 Å². The van der Waals surface area contributed by atoms with Gasteiger partial charge >= 0.3 is 11.9 Å². The first-order valence-corrected chi connectivity index (χ1v) is 12.5. The number of ether oxygens (including phenoxy) is 4. The van der Waals surface area contributed by atoms with Crippen LogP contribution in [0, 0.1) is 0 Å². The van der Waals surface area contributed by atoms with Crippen LogP contribution in [0.1, 0.15) is 43.7 Å². The van der Waals surface area contributed by atoms with Crippen molar-refractivity contribution in [2.24, 2.45) is 0 Å². The van der Waals surface area contributed by atoms with Gasteiger partial charge in [-0.3, -0.25) is 4.79 Å². The van der Waals surface area contributed by atoms with Crippen molar-refractivity contribution >= 4 is 36.8 Å². The number of hydrogen-bond donors (Lipinski definition) is 2. The highest BCUT2D eigenvalue weighted by atomic mass is 35.5. The Hall–Kier alpha value is -2.04. The van der Waals surface area contributed by atoms with Crippen LogP contribution in [-0.2, 0) is 30.9 Å². The molecule has 0 aromatic heterocycles. The first-order valence-electron chi connectivity index (χ1n) is 12.5. The van der Waals surface area contributed by atoms with Gasteiger partial charge in [0.1, 0.15) is 11.8 Å². The van der Waals surface area contributed by atoms with E-state index in [2.05, 4.69) is 16.3 Å². The Kier molecular flexibility index (Phi) is 7.51. The zero-order valence-electron chi connectivity index (χ0n) is 21.2. The Bertz CT molecular complexity index is 1120. The summed E-state index contributed by atoms with van der Waals surface area (Å²) in [5, 5.41) is 15.3. The number of benzene rings is 1. The van der Waals surface area contributed by atoms with Gasteiger partial charge in [-0.1, -0.05) is 6.07 Å². The van der Waals surface area contributed by atoms with E-state index in [9.17, 15) is 14.7 Å². The molecule has 2 fully saturated rings. The molecule has 1 aromatic carbocycles. The average molecular weight is 557 g/mol. The molecule has 9 nitrogen and oxygen atoms in total. The minimum Gasteiger partial charge on any atom is -0.493 e. The Balaban J connectivity index is 0.00000160. The zero-order chi connectivity index (χ0) is 24.5. The third-order valence-electron chi connectivity index (χ3n) is 8.75. The van der Waals surface area contributed by atoms with E-state index in [4.69, 9.17) is 18.9 Å². The number of nitrogens with zero attached hydrogens (tertiary/aromatic N) is 1. The number of carbonyl (C=O) groups is 2. The molecule has 3 heterocycles. The Morgan fingerprint density at radius 1 is 1.30 bits per heavy atom. The van der Waals surface area contributed by atoms with Crippen molar-refractivity contribution in [1.82, 2.24) is 10.2 Å². The van der Waals surface area contributed by atoms with Gasteiger partial charge in [-0.2, -0.15) is 0 Å². The van der Waals surface area contributed by atoms with Gasteiger partial charge in [-0.05, 0) is 70.5 Å². The average Bonchev–Trinajstić information content (AvgIpc) is 3.49. The number of halogens is 2. The Morgan fingerprint density at radius 2 is 2.08 bits per heavy atom. The molecule has 204 valence electrons. The molecule has 2 aliphatic carbocycles. The van der Waals surface area contributed by atoms with E-state index in [1.54, 1.807) is 13.2 Å². The van der Waals surface area contributed by atoms with Crippen LogP contribution in [0.15, 0.2) is 24.0 Å². The lowest BCUT2D eigenvalue weighted by molar-refractivity contribution is -0.176. The normalized spacial score (nSPS) is 33.5. The fourth-order valence-corrected chi connectivity index (χ4v) is 6.98. The highest BCUT2D eigenvalue weighted by molar-refractivity contribution is 5.85. The number of aliphatic hydroxyl groups is 1. The smallest absolute Gasteiger partial charge is 0.352 e. The van der Waals surface area contributed by atoms with Gasteiger partial charge in [0.2, 0.25) is 0 Å². The predicted octanol–water partition coefficient (Wildman–Crippen LogP) is 2.04. The molecule has 0 saturated carbocycles. The van der Waals surface area contributed by atoms with Crippen molar-refractivity contribution < 1.29 is 33.6 Å². The fraction of sp³-hybridized carbons (Fsp3) is 0.615. The predicted molar refractivity (Wildman–Crippen MR) is 139 cm³/mol. The summed E-state index contributed by atoms with van der Waals surface area (Å²) >= 11 is 0. The molecule has 6 atom stereocenters. The number of hydrogen-bond acceptors (Lipinski definition) is 9. The molecular weight excluding hydrogens is 523 g/mol. The van der Waals surface area contributed by atoms with Crippen LogP contribution in [0.4, 0.5) is 0 Å². The zero-order valence-corrected chi connectivity index (χ0v) is 22.8. The first-order chi connectivity index (χ1) is 16.8. The molecule has 0 radical (unpaired) electrons. The molecule has 5 aliphatic rings. The fourth-order valence-electron chi connectivity index (χ4n) is 6.98. The number of methoxy groups -OCH3 is 1. The van der Waals surface area contributed by atoms with E-state index in [0.717, 1.165) is 30.6 Å². The van der Waals surface area contributed by atoms with E-state index in [1.165, 1.54) is 6.92 Å². The van der Waals surface area contributed by atoms with Crippen LogP contribution in [0.5, 0.6) is 11.5 Å². The molecule has 1 unspecified atom stereocenters. The summed E-state index contributed by atoms with van der Waals surface area (Å²) in [5.74, 6) is 0.477. The van der Waals surface area contributed by atoms with Crippen LogP contribution in [0.25, 0.3) is 0 Å². The molecule has 1 aromatic rings. The second-order valence-corrected chi connectivity index (χ2v) is 10.4. The molecular formula is C26H34Cl2N2O7. The monoisotopic (exact) mass is 556 g/mol. The minimum atomic E-state index is -1.07. The maximum Gasteiger partial charge on any atom is 0.352 e. The summed E-state index contributed by atoms with van der Waals surface area (Å²) in [5.41, 5.74) is 0.280. The lowest BCUT2D eigenvalue weighted by Gasteiger charge is -2.61. The van der Waals surface area contributed by atoms with Gasteiger partial charge in [0.25, 0.3) is 0 Å². The lowest BCUT2D eigenvalue weighted by atomic mass is 9.50. The van der Waals surface area contributed by atoms with E-state index < -0.39 is 35.2 Å². The van der Waals surface area contributed by atoms with Gasteiger partial charge in [0, 0.05) is 18.0 Å². The molecule has 0 amide bonds. The van der Waals surface area contributed by atoms with Crippen LogP contribution >= 0.6 is 24.8 Å². The van der Waals surface area contributed by atoms with Crippen molar-refractivity contribution in [3.63, 3.8) is 0 Å². The maximum absolute atomic E-state index is 13.0. The topological polar surface area (TPSA) is 107 Å². The standard InChI is InChI=1S/C26H32N2O7.2ClH/c1-14(33-24(30)16-5-4-11-27-16)23(29)34-18-8-9-26(31)19-13-15-6-7-17(32-3)21-20(15)25(26,22(18)35-21)10-12-28(19)2;;/h6-8,14,16,19,22,27,31H,4-5,9-13H2,1-3H3;2*1H/t14-,16?,19-,22-,25-,26+;;/m0../s1. The number of likely N-dealkylation sites (tertiary alicyclic amines) is 1. The maximum atomic E-state index is 13.0. The van der Waals surface area contributed by atoms with Crippen LogP contribution in [-0.4, -0.2) is 79.1 Å². The van der Waals surface area contributed by atoms with Crippen molar-refractivity contribution in [3.05, 3.63) is 35.1 Å². The lowest BCUT2D eigenvalue weighted by Crippen LogP contribution is -2.74. The largest absolute Gasteiger partial charge is 0.493 e. The van der Waals surface area contributed by atoms with Gasteiger partial charge in [0.05, 0.1) is 18.1 Å². The number of esters is 2. The highest BCUT2D eigenvalue weighted by Crippen LogP contribution is 2.65. The number of nitrogens with one attached hydrogen (secondary N) is 1. The number of likely N-dealkylation sites (N-methyl/N-ethyl adjacent to an activating group) is 1. The summed E-state index contributed by atoms with van der Waals surface area (Å²) in [7, 11) is 3.64. The van der Waals surface area contributed by atoms with Crippen molar-refractivity contribution in [3.8, 4) is 11.5 Å².